The lowest BCUT2D eigenvalue weighted by atomic mass is 9.67. The number of hydrogen-bond donors (Lipinski definition) is 1. The van der Waals surface area contributed by atoms with E-state index in [1.807, 2.05) is 0 Å². The SMILES string of the molecule is CC1CC(C)CC(C2CCCC(N)C2)C1. The molecule has 0 amide bonds. The van der Waals surface area contributed by atoms with Gasteiger partial charge in [0, 0.05) is 6.04 Å². The van der Waals surface area contributed by atoms with Crippen LogP contribution < -0.4 is 5.73 Å². The van der Waals surface area contributed by atoms with E-state index >= 15 is 0 Å². The van der Waals surface area contributed by atoms with Gasteiger partial charge in [0.05, 0.1) is 0 Å². The summed E-state index contributed by atoms with van der Waals surface area (Å²) in [5, 5.41) is 0. The molecular formula is C14H27N. The lowest BCUT2D eigenvalue weighted by Crippen LogP contribution is -2.34. The summed E-state index contributed by atoms with van der Waals surface area (Å²) in [4.78, 5) is 0. The fraction of sp³-hybridized carbons (Fsp3) is 1.00. The summed E-state index contributed by atoms with van der Waals surface area (Å²) < 4.78 is 0. The molecule has 2 fully saturated rings. The van der Waals surface area contributed by atoms with Crippen LogP contribution in [0.2, 0.25) is 0 Å². The van der Waals surface area contributed by atoms with Crippen molar-refractivity contribution in [1.82, 2.24) is 0 Å². The fourth-order valence-corrected chi connectivity index (χ4v) is 4.09. The van der Waals surface area contributed by atoms with E-state index in [9.17, 15) is 0 Å². The van der Waals surface area contributed by atoms with Gasteiger partial charge in [0.2, 0.25) is 0 Å². The molecule has 2 saturated carbocycles. The Labute approximate surface area is 94.8 Å². The summed E-state index contributed by atoms with van der Waals surface area (Å²) in [5.41, 5.74) is 6.10. The van der Waals surface area contributed by atoms with Crippen LogP contribution in [-0.2, 0) is 0 Å². The first-order chi connectivity index (χ1) is 7.15. The highest BCUT2D eigenvalue weighted by molar-refractivity contribution is 4.84. The predicted octanol–water partition coefficient (Wildman–Crippen LogP) is 3.58. The van der Waals surface area contributed by atoms with Gasteiger partial charge in [-0.05, 0) is 55.8 Å². The maximum atomic E-state index is 6.10. The summed E-state index contributed by atoms with van der Waals surface area (Å²) in [5.74, 6) is 3.86. The first-order valence-corrected chi connectivity index (χ1v) is 6.90. The minimum Gasteiger partial charge on any atom is -0.328 e. The van der Waals surface area contributed by atoms with Crippen molar-refractivity contribution < 1.29 is 0 Å². The molecule has 1 nitrogen and oxygen atoms in total. The van der Waals surface area contributed by atoms with Crippen molar-refractivity contribution in [3.63, 3.8) is 0 Å². The van der Waals surface area contributed by atoms with Gasteiger partial charge in [0.25, 0.3) is 0 Å². The number of nitrogens with two attached hydrogens (primary N) is 1. The lowest BCUT2D eigenvalue weighted by Gasteiger charge is -2.39. The smallest absolute Gasteiger partial charge is 0.00415 e. The molecule has 0 aromatic rings. The van der Waals surface area contributed by atoms with Gasteiger partial charge >= 0.3 is 0 Å². The molecule has 1 heteroatoms. The van der Waals surface area contributed by atoms with Crippen molar-refractivity contribution in [3.8, 4) is 0 Å². The molecule has 2 rings (SSSR count). The number of rotatable bonds is 1. The van der Waals surface area contributed by atoms with Gasteiger partial charge < -0.3 is 5.73 Å². The third-order valence-corrected chi connectivity index (χ3v) is 4.64. The Balaban J connectivity index is 1.91. The molecule has 88 valence electrons. The highest BCUT2D eigenvalue weighted by atomic mass is 14.6. The average molecular weight is 209 g/mol. The zero-order valence-electron chi connectivity index (χ0n) is 10.4. The zero-order valence-corrected chi connectivity index (χ0v) is 10.4. The van der Waals surface area contributed by atoms with Crippen molar-refractivity contribution in [2.75, 3.05) is 0 Å². The van der Waals surface area contributed by atoms with Crippen LogP contribution in [0.3, 0.4) is 0 Å². The van der Waals surface area contributed by atoms with Crippen LogP contribution in [0, 0.1) is 23.7 Å². The second-order valence-corrected chi connectivity index (χ2v) is 6.36. The Bertz CT molecular complexity index is 192. The Kier molecular flexibility index (Phi) is 3.71. The molecule has 2 N–H and O–H groups in total. The maximum Gasteiger partial charge on any atom is 0.00415 e. The second kappa shape index (κ2) is 4.86. The normalized spacial score (nSPS) is 47.8. The van der Waals surface area contributed by atoms with Crippen LogP contribution in [-0.4, -0.2) is 6.04 Å². The third-order valence-electron chi connectivity index (χ3n) is 4.64. The van der Waals surface area contributed by atoms with Crippen LogP contribution in [0.1, 0.15) is 58.8 Å². The zero-order chi connectivity index (χ0) is 10.8. The van der Waals surface area contributed by atoms with E-state index in [0.29, 0.717) is 6.04 Å². The molecule has 4 atom stereocenters. The van der Waals surface area contributed by atoms with Crippen molar-refractivity contribution in [2.24, 2.45) is 29.4 Å². The molecule has 0 aromatic carbocycles. The topological polar surface area (TPSA) is 26.0 Å². The Morgan fingerprint density at radius 1 is 0.800 bits per heavy atom. The van der Waals surface area contributed by atoms with Crippen molar-refractivity contribution >= 4 is 0 Å². The average Bonchev–Trinajstić information content (AvgIpc) is 2.16. The van der Waals surface area contributed by atoms with E-state index in [0.717, 1.165) is 23.7 Å². The molecule has 15 heavy (non-hydrogen) atoms. The molecule has 0 aromatic heterocycles. The van der Waals surface area contributed by atoms with E-state index in [4.69, 9.17) is 5.73 Å². The van der Waals surface area contributed by atoms with Crippen LogP contribution in [0.5, 0.6) is 0 Å². The van der Waals surface area contributed by atoms with Crippen molar-refractivity contribution in [1.29, 1.82) is 0 Å². The molecule has 2 aliphatic rings. The van der Waals surface area contributed by atoms with Gasteiger partial charge in [-0.25, -0.2) is 0 Å². The molecule has 0 aliphatic heterocycles. The second-order valence-electron chi connectivity index (χ2n) is 6.36. The standard InChI is InChI=1S/C14H27N/c1-10-6-11(2)8-13(7-10)12-4-3-5-14(15)9-12/h10-14H,3-9,15H2,1-2H3. The van der Waals surface area contributed by atoms with E-state index in [-0.39, 0.29) is 0 Å². The van der Waals surface area contributed by atoms with Crippen LogP contribution in [0.4, 0.5) is 0 Å². The van der Waals surface area contributed by atoms with Gasteiger partial charge in [-0.1, -0.05) is 26.7 Å². The summed E-state index contributed by atoms with van der Waals surface area (Å²) in [6.45, 7) is 4.87. The number of hydrogen-bond acceptors (Lipinski definition) is 1. The summed E-state index contributed by atoms with van der Waals surface area (Å²) >= 11 is 0. The maximum absolute atomic E-state index is 6.10. The third kappa shape index (κ3) is 2.96. The van der Waals surface area contributed by atoms with Gasteiger partial charge in [-0.15, -0.1) is 0 Å². The largest absolute Gasteiger partial charge is 0.328 e. The minimum atomic E-state index is 0.510. The molecule has 0 bridgehead atoms. The van der Waals surface area contributed by atoms with Crippen molar-refractivity contribution in [3.05, 3.63) is 0 Å². The molecule has 2 aliphatic carbocycles. The molecule has 4 unspecified atom stereocenters. The predicted molar refractivity (Wildman–Crippen MR) is 65.6 cm³/mol. The highest BCUT2D eigenvalue weighted by Gasteiger charge is 2.32. The molecule has 0 saturated heterocycles. The molecule has 0 radical (unpaired) electrons. The molecule has 0 heterocycles. The van der Waals surface area contributed by atoms with Crippen LogP contribution in [0.15, 0.2) is 0 Å². The van der Waals surface area contributed by atoms with E-state index in [1.165, 1.54) is 44.9 Å². The Hall–Kier alpha value is -0.0400. The van der Waals surface area contributed by atoms with E-state index in [2.05, 4.69) is 13.8 Å². The van der Waals surface area contributed by atoms with E-state index < -0.39 is 0 Å². The van der Waals surface area contributed by atoms with Gasteiger partial charge in [0.1, 0.15) is 0 Å². The quantitative estimate of drug-likeness (QED) is 0.702. The minimum absolute atomic E-state index is 0.510. The first kappa shape index (κ1) is 11.4. The Morgan fingerprint density at radius 2 is 1.47 bits per heavy atom. The van der Waals surface area contributed by atoms with Crippen LogP contribution in [0.25, 0.3) is 0 Å². The van der Waals surface area contributed by atoms with Crippen molar-refractivity contribution in [2.45, 2.75) is 64.8 Å². The van der Waals surface area contributed by atoms with Gasteiger partial charge in [-0.2, -0.15) is 0 Å². The molecular weight excluding hydrogens is 182 g/mol. The van der Waals surface area contributed by atoms with Gasteiger partial charge in [-0.3, -0.25) is 0 Å². The first-order valence-electron chi connectivity index (χ1n) is 6.90. The molecule has 0 spiro atoms. The lowest BCUT2D eigenvalue weighted by molar-refractivity contribution is 0.126. The summed E-state index contributed by atoms with van der Waals surface area (Å²) in [6, 6.07) is 0.510. The summed E-state index contributed by atoms with van der Waals surface area (Å²) in [6.07, 6.45) is 9.82. The monoisotopic (exact) mass is 209 g/mol. The van der Waals surface area contributed by atoms with E-state index in [1.54, 1.807) is 0 Å². The fourth-order valence-electron chi connectivity index (χ4n) is 4.09. The Morgan fingerprint density at radius 3 is 2.07 bits per heavy atom. The highest BCUT2D eigenvalue weighted by Crippen LogP contribution is 2.41. The van der Waals surface area contributed by atoms with Crippen LogP contribution >= 0.6 is 0 Å². The summed E-state index contributed by atoms with van der Waals surface area (Å²) in [7, 11) is 0. The van der Waals surface area contributed by atoms with Gasteiger partial charge in [0.15, 0.2) is 0 Å².